The molecule has 100 valence electrons. The molecule has 1 fully saturated rings. The molecular formula is C13H19NO4. The van der Waals surface area contributed by atoms with Crippen LogP contribution in [-0.2, 0) is 11.3 Å². The Balaban J connectivity index is 2.06. The molecule has 1 aromatic rings. The zero-order valence-corrected chi connectivity index (χ0v) is 10.6. The van der Waals surface area contributed by atoms with Crippen LogP contribution in [0, 0.1) is 0 Å². The number of nitrogens with zero attached hydrogens (tertiary/aromatic N) is 1. The van der Waals surface area contributed by atoms with Crippen molar-refractivity contribution in [1.29, 1.82) is 0 Å². The molecule has 1 N–H and O–H groups in total. The Hall–Kier alpha value is -1.33. The highest BCUT2D eigenvalue weighted by atomic mass is 16.5. The fourth-order valence-electron chi connectivity index (χ4n) is 2.21. The van der Waals surface area contributed by atoms with Gasteiger partial charge in [0.1, 0.15) is 11.3 Å². The van der Waals surface area contributed by atoms with E-state index in [-0.39, 0.29) is 12.6 Å². The van der Waals surface area contributed by atoms with Gasteiger partial charge in [0.25, 0.3) is 0 Å². The molecule has 18 heavy (non-hydrogen) atoms. The van der Waals surface area contributed by atoms with Crippen molar-refractivity contribution in [3.05, 3.63) is 23.7 Å². The van der Waals surface area contributed by atoms with Crippen LogP contribution in [0.4, 0.5) is 0 Å². The van der Waals surface area contributed by atoms with Crippen molar-refractivity contribution in [2.24, 2.45) is 0 Å². The van der Waals surface area contributed by atoms with Crippen LogP contribution < -0.4 is 0 Å². The average molecular weight is 253 g/mol. The number of methoxy groups -OCH3 is 1. The van der Waals surface area contributed by atoms with Gasteiger partial charge in [-0.15, -0.1) is 0 Å². The van der Waals surface area contributed by atoms with Gasteiger partial charge < -0.3 is 14.3 Å². The van der Waals surface area contributed by atoms with Gasteiger partial charge in [-0.1, -0.05) is 6.42 Å². The molecule has 0 bridgehead atoms. The van der Waals surface area contributed by atoms with E-state index in [2.05, 4.69) is 4.90 Å². The minimum absolute atomic E-state index is 0.116. The number of aliphatic hydroxyl groups is 1. The van der Waals surface area contributed by atoms with Crippen LogP contribution in [0.1, 0.15) is 35.4 Å². The zero-order chi connectivity index (χ0) is 13.0. The van der Waals surface area contributed by atoms with Gasteiger partial charge in [-0.3, -0.25) is 4.90 Å². The number of carbonyl (C=O) groups is 1. The number of aliphatic hydroxyl groups excluding tert-OH is 1. The molecule has 0 aliphatic heterocycles. The molecule has 5 nitrogen and oxygen atoms in total. The lowest BCUT2D eigenvalue weighted by molar-refractivity contribution is 0.0588. The molecule has 0 aromatic carbocycles. The second kappa shape index (κ2) is 6.02. The third-order valence-electron chi connectivity index (χ3n) is 3.48. The summed E-state index contributed by atoms with van der Waals surface area (Å²) < 4.78 is 10.1. The minimum atomic E-state index is -0.378. The molecule has 0 amide bonds. The monoisotopic (exact) mass is 253 g/mol. The van der Waals surface area contributed by atoms with E-state index in [4.69, 9.17) is 14.3 Å². The molecule has 1 aliphatic carbocycles. The highest BCUT2D eigenvalue weighted by Crippen LogP contribution is 2.27. The first-order valence-corrected chi connectivity index (χ1v) is 6.26. The Labute approximate surface area is 106 Å². The molecule has 0 unspecified atom stereocenters. The Morgan fingerprint density at radius 2 is 2.39 bits per heavy atom. The van der Waals surface area contributed by atoms with E-state index in [9.17, 15) is 4.79 Å². The van der Waals surface area contributed by atoms with Crippen molar-refractivity contribution >= 4 is 5.97 Å². The fraction of sp³-hybridized carbons (Fsp3) is 0.615. The Morgan fingerprint density at radius 1 is 1.61 bits per heavy atom. The molecule has 0 spiro atoms. The number of ether oxygens (including phenoxy) is 1. The van der Waals surface area contributed by atoms with Crippen LogP contribution in [0.5, 0.6) is 0 Å². The van der Waals surface area contributed by atoms with Crippen molar-refractivity contribution in [3.8, 4) is 0 Å². The van der Waals surface area contributed by atoms with Gasteiger partial charge in [0.2, 0.25) is 0 Å². The summed E-state index contributed by atoms with van der Waals surface area (Å²) in [4.78, 5) is 13.7. The van der Waals surface area contributed by atoms with E-state index in [1.807, 2.05) is 0 Å². The van der Waals surface area contributed by atoms with E-state index >= 15 is 0 Å². The number of furan rings is 1. The Morgan fingerprint density at radius 3 is 2.94 bits per heavy atom. The van der Waals surface area contributed by atoms with E-state index in [1.165, 1.54) is 19.8 Å². The van der Waals surface area contributed by atoms with Crippen LogP contribution >= 0.6 is 0 Å². The lowest BCUT2D eigenvalue weighted by Crippen LogP contribution is -2.41. The second-order valence-corrected chi connectivity index (χ2v) is 4.53. The first kappa shape index (κ1) is 13.1. The zero-order valence-electron chi connectivity index (χ0n) is 10.6. The molecule has 1 aromatic heterocycles. The van der Waals surface area contributed by atoms with E-state index in [0.717, 1.165) is 12.8 Å². The number of hydrogen-bond donors (Lipinski definition) is 1. The van der Waals surface area contributed by atoms with E-state index in [1.54, 1.807) is 6.07 Å². The number of rotatable bonds is 6. The fourth-order valence-corrected chi connectivity index (χ4v) is 2.21. The molecule has 1 saturated carbocycles. The normalized spacial score (nSPS) is 15.7. The van der Waals surface area contributed by atoms with Crippen LogP contribution in [0.2, 0.25) is 0 Å². The molecule has 1 aliphatic rings. The first-order chi connectivity index (χ1) is 8.76. The maximum absolute atomic E-state index is 11.5. The molecule has 0 atom stereocenters. The van der Waals surface area contributed by atoms with Gasteiger partial charge in [0.05, 0.1) is 26.5 Å². The predicted octanol–water partition coefficient (Wildman–Crippen LogP) is 1.41. The third kappa shape index (κ3) is 2.73. The smallest absolute Gasteiger partial charge is 0.341 e. The third-order valence-corrected chi connectivity index (χ3v) is 3.48. The van der Waals surface area contributed by atoms with Crippen molar-refractivity contribution in [1.82, 2.24) is 4.90 Å². The lowest BCUT2D eigenvalue weighted by atomic mass is 9.91. The minimum Gasteiger partial charge on any atom is -0.467 e. The lowest BCUT2D eigenvalue weighted by Gasteiger charge is -2.36. The summed E-state index contributed by atoms with van der Waals surface area (Å²) in [6.45, 7) is 1.26. The summed E-state index contributed by atoms with van der Waals surface area (Å²) >= 11 is 0. The SMILES string of the molecule is COC(=O)c1ccoc1CN(CCO)C1CCC1. The Bertz CT molecular complexity index is 397. The molecule has 5 heteroatoms. The number of hydrogen-bond acceptors (Lipinski definition) is 5. The molecule has 0 saturated heterocycles. The van der Waals surface area contributed by atoms with Crippen LogP contribution in [0.15, 0.2) is 16.7 Å². The topological polar surface area (TPSA) is 62.9 Å². The van der Waals surface area contributed by atoms with Crippen molar-refractivity contribution in [3.63, 3.8) is 0 Å². The molecule has 1 heterocycles. The van der Waals surface area contributed by atoms with Gasteiger partial charge in [-0.05, 0) is 18.9 Å². The van der Waals surface area contributed by atoms with Crippen molar-refractivity contribution < 1.29 is 19.1 Å². The average Bonchev–Trinajstić information content (AvgIpc) is 2.74. The summed E-state index contributed by atoms with van der Waals surface area (Å²) in [5.41, 5.74) is 0.472. The second-order valence-electron chi connectivity index (χ2n) is 4.53. The summed E-state index contributed by atoms with van der Waals surface area (Å²) in [5, 5.41) is 9.09. The number of carbonyl (C=O) groups excluding carboxylic acids is 1. The molecular weight excluding hydrogens is 234 g/mol. The standard InChI is InChI=1S/C13H19NO4/c1-17-13(16)11-5-8-18-12(11)9-14(6-7-15)10-3-2-4-10/h5,8,10,15H,2-4,6-7,9H2,1H3. The van der Waals surface area contributed by atoms with Gasteiger partial charge in [-0.2, -0.15) is 0 Å². The Kier molecular flexibility index (Phi) is 4.38. The largest absolute Gasteiger partial charge is 0.467 e. The van der Waals surface area contributed by atoms with Crippen LogP contribution in [-0.4, -0.2) is 42.3 Å². The van der Waals surface area contributed by atoms with E-state index in [0.29, 0.717) is 30.5 Å². The highest BCUT2D eigenvalue weighted by molar-refractivity contribution is 5.90. The number of esters is 1. The summed E-state index contributed by atoms with van der Waals surface area (Å²) in [5.74, 6) is 0.235. The quantitative estimate of drug-likeness (QED) is 0.777. The summed E-state index contributed by atoms with van der Waals surface area (Å²) in [6, 6.07) is 2.12. The van der Waals surface area contributed by atoms with Gasteiger partial charge >= 0.3 is 5.97 Å². The van der Waals surface area contributed by atoms with E-state index < -0.39 is 0 Å². The van der Waals surface area contributed by atoms with Crippen LogP contribution in [0.3, 0.4) is 0 Å². The maximum Gasteiger partial charge on any atom is 0.341 e. The maximum atomic E-state index is 11.5. The van der Waals surface area contributed by atoms with Gasteiger partial charge in [0.15, 0.2) is 0 Å². The van der Waals surface area contributed by atoms with Crippen molar-refractivity contribution in [2.75, 3.05) is 20.3 Å². The van der Waals surface area contributed by atoms with Crippen molar-refractivity contribution in [2.45, 2.75) is 31.8 Å². The van der Waals surface area contributed by atoms with Gasteiger partial charge in [-0.25, -0.2) is 4.79 Å². The van der Waals surface area contributed by atoms with Gasteiger partial charge in [0, 0.05) is 12.6 Å². The highest BCUT2D eigenvalue weighted by Gasteiger charge is 2.27. The molecule has 2 rings (SSSR count). The molecule has 0 radical (unpaired) electrons. The summed E-state index contributed by atoms with van der Waals surface area (Å²) in [7, 11) is 1.36. The first-order valence-electron chi connectivity index (χ1n) is 6.26. The summed E-state index contributed by atoms with van der Waals surface area (Å²) in [6.07, 6.45) is 5.02. The predicted molar refractivity (Wildman–Crippen MR) is 65.2 cm³/mol. The van der Waals surface area contributed by atoms with Crippen LogP contribution in [0.25, 0.3) is 0 Å².